The van der Waals surface area contributed by atoms with Crippen molar-refractivity contribution in [3.63, 3.8) is 0 Å². The van der Waals surface area contributed by atoms with Gasteiger partial charge in [-0.3, -0.25) is 9.78 Å². The van der Waals surface area contributed by atoms with E-state index in [0.717, 1.165) is 16.8 Å². The number of hydrogen-bond donors (Lipinski definition) is 1. The lowest BCUT2D eigenvalue weighted by Gasteiger charge is -2.36. The minimum atomic E-state index is -0.545. The van der Waals surface area contributed by atoms with Gasteiger partial charge in [-0.2, -0.15) is 0 Å². The molecule has 2 aliphatic heterocycles. The molecule has 0 unspecified atom stereocenters. The van der Waals surface area contributed by atoms with Gasteiger partial charge in [-0.15, -0.1) is 0 Å². The fourth-order valence-corrected chi connectivity index (χ4v) is 4.87. The minimum absolute atomic E-state index is 0.126. The quantitative estimate of drug-likeness (QED) is 0.640. The number of carbonyl (C=O) groups is 2. The van der Waals surface area contributed by atoms with Crippen LogP contribution in [0.15, 0.2) is 76.2 Å². The highest BCUT2D eigenvalue weighted by Crippen LogP contribution is 2.46. The third-order valence-electron chi connectivity index (χ3n) is 5.16. The van der Waals surface area contributed by atoms with Crippen LogP contribution in [0, 0.1) is 0 Å². The number of fused-ring (bicyclic) bond motifs is 1. The molecule has 1 amide bonds. The summed E-state index contributed by atoms with van der Waals surface area (Å²) in [4.78, 5) is 36.0. The van der Waals surface area contributed by atoms with Gasteiger partial charge in [-0.25, -0.2) is 9.79 Å². The summed E-state index contributed by atoms with van der Waals surface area (Å²) in [6, 6.07) is 10.5. The minimum Gasteiger partial charge on any atom is -0.466 e. The van der Waals surface area contributed by atoms with Gasteiger partial charge in [-0.1, -0.05) is 47.6 Å². The van der Waals surface area contributed by atoms with Crippen molar-refractivity contribution in [3.05, 3.63) is 87.3 Å². The molecule has 7 nitrogen and oxygen atoms in total. The van der Waals surface area contributed by atoms with Crippen LogP contribution in [-0.2, 0) is 20.9 Å². The largest absolute Gasteiger partial charge is 0.466 e. The molecule has 0 saturated carbocycles. The van der Waals surface area contributed by atoms with E-state index in [1.54, 1.807) is 25.4 Å². The molecule has 0 fully saturated rings. The number of allylic oxidation sites excluding steroid dienone is 1. The predicted molar refractivity (Wildman–Crippen MR) is 125 cm³/mol. The van der Waals surface area contributed by atoms with Crippen LogP contribution in [-0.4, -0.2) is 34.0 Å². The highest BCUT2D eigenvalue weighted by Gasteiger charge is 2.41. The standard InChI is InChI=1S/C23H21ClN4O3S/c1-14-20(22(30)31-2)21(17-7-3-4-8-18(17)24)28-16(13-32-23(28)27-14)10-19(29)26-12-15-6-5-9-25-11-15/h3-9,11,13,21H,10,12H2,1-2H3,(H,26,29)/t21-/m1/s1. The van der Waals surface area contributed by atoms with Crippen LogP contribution in [0.4, 0.5) is 0 Å². The topological polar surface area (TPSA) is 83.9 Å². The smallest absolute Gasteiger partial charge is 0.338 e. The van der Waals surface area contributed by atoms with Crippen LogP contribution in [0.5, 0.6) is 0 Å². The maximum absolute atomic E-state index is 12.7. The second-order valence-corrected chi connectivity index (χ2v) is 8.46. The lowest BCUT2D eigenvalue weighted by atomic mass is 9.94. The van der Waals surface area contributed by atoms with Crippen LogP contribution in [0.1, 0.15) is 30.5 Å². The third kappa shape index (κ3) is 4.42. The molecule has 1 aromatic heterocycles. The summed E-state index contributed by atoms with van der Waals surface area (Å²) < 4.78 is 5.06. The lowest BCUT2D eigenvalue weighted by Crippen LogP contribution is -2.38. The Morgan fingerprint density at radius 1 is 1.25 bits per heavy atom. The summed E-state index contributed by atoms with van der Waals surface area (Å²) >= 11 is 7.94. The van der Waals surface area contributed by atoms with E-state index in [2.05, 4.69) is 15.3 Å². The fourth-order valence-electron chi connectivity index (χ4n) is 3.66. The average molecular weight is 469 g/mol. The maximum atomic E-state index is 12.7. The van der Waals surface area contributed by atoms with E-state index in [4.69, 9.17) is 16.3 Å². The van der Waals surface area contributed by atoms with Crippen LogP contribution in [0.2, 0.25) is 5.02 Å². The van der Waals surface area contributed by atoms with E-state index < -0.39 is 12.0 Å². The summed E-state index contributed by atoms with van der Waals surface area (Å²) in [6.45, 7) is 2.16. The van der Waals surface area contributed by atoms with E-state index in [0.29, 0.717) is 28.0 Å². The van der Waals surface area contributed by atoms with Gasteiger partial charge in [-0.05, 0) is 35.6 Å². The Bertz CT molecular complexity index is 1150. The summed E-state index contributed by atoms with van der Waals surface area (Å²) in [5, 5.41) is 6.01. The van der Waals surface area contributed by atoms with Gasteiger partial charge in [0.15, 0.2) is 5.17 Å². The fraction of sp³-hybridized carbons (Fsp3) is 0.217. The Balaban J connectivity index is 1.62. The first-order valence-corrected chi connectivity index (χ1v) is 11.2. The number of amidine groups is 1. The van der Waals surface area contributed by atoms with E-state index >= 15 is 0 Å². The molecule has 1 aromatic carbocycles. The summed E-state index contributed by atoms with van der Waals surface area (Å²) in [6.07, 6.45) is 3.52. The number of carbonyl (C=O) groups excluding carboxylic acids is 2. The number of ether oxygens (including phenoxy) is 1. The number of aliphatic imine (C=N–C) groups is 1. The van der Waals surface area contributed by atoms with E-state index in [9.17, 15) is 9.59 Å². The molecule has 9 heteroatoms. The summed E-state index contributed by atoms with van der Waals surface area (Å²) in [5.41, 5.74) is 3.35. The Morgan fingerprint density at radius 2 is 2.06 bits per heavy atom. The molecule has 164 valence electrons. The Labute approximate surface area is 195 Å². The van der Waals surface area contributed by atoms with Crippen LogP contribution >= 0.6 is 23.4 Å². The monoisotopic (exact) mass is 468 g/mol. The number of nitrogens with one attached hydrogen (secondary N) is 1. The van der Waals surface area contributed by atoms with Gasteiger partial charge >= 0.3 is 5.97 Å². The number of hydrogen-bond acceptors (Lipinski definition) is 7. The molecule has 1 N–H and O–H groups in total. The number of methoxy groups -OCH3 is 1. The summed E-state index contributed by atoms with van der Waals surface area (Å²) in [7, 11) is 1.34. The number of thioether (sulfide) groups is 1. The van der Waals surface area contributed by atoms with Crippen molar-refractivity contribution in [2.75, 3.05) is 7.11 Å². The Hall–Kier alpha value is -3.10. The number of nitrogens with zero attached hydrogens (tertiary/aromatic N) is 3. The van der Waals surface area contributed by atoms with Crippen molar-refractivity contribution in [1.29, 1.82) is 0 Å². The van der Waals surface area contributed by atoms with Gasteiger partial charge in [0.05, 0.1) is 30.8 Å². The molecule has 0 spiro atoms. The van der Waals surface area contributed by atoms with E-state index in [1.165, 1.54) is 18.9 Å². The number of rotatable bonds is 6. The molecule has 0 bridgehead atoms. The van der Waals surface area contributed by atoms with E-state index in [-0.39, 0.29) is 12.3 Å². The predicted octanol–water partition coefficient (Wildman–Crippen LogP) is 4.19. The second-order valence-electron chi connectivity index (χ2n) is 7.22. The number of esters is 1. The number of aromatic nitrogens is 1. The maximum Gasteiger partial charge on any atom is 0.338 e. The van der Waals surface area contributed by atoms with Crippen LogP contribution in [0.25, 0.3) is 0 Å². The zero-order valence-electron chi connectivity index (χ0n) is 17.5. The van der Waals surface area contributed by atoms with Crippen molar-refractivity contribution < 1.29 is 14.3 Å². The van der Waals surface area contributed by atoms with Gasteiger partial charge < -0.3 is 15.0 Å². The lowest BCUT2D eigenvalue weighted by molar-refractivity contribution is -0.136. The molecular formula is C23H21ClN4O3S. The molecule has 1 atom stereocenters. The Kier molecular flexibility index (Phi) is 6.62. The molecule has 3 heterocycles. The number of amides is 1. The molecule has 0 radical (unpaired) electrons. The third-order valence-corrected chi connectivity index (χ3v) is 6.39. The zero-order valence-corrected chi connectivity index (χ0v) is 19.1. The van der Waals surface area contributed by atoms with Crippen molar-refractivity contribution in [2.24, 2.45) is 4.99 Å². The molecule has 2 aliphatic rings. The van der Waals surface area contributed by atoms with Crippen molar-refractivity contribution in [1.82, 2.24) is 15.2 Å². The first kappa shape index (κ1) is 22.1. The molecule has 4 rings (SSSR count). The molecular weight excluding hydrogens is 448 g/mol. The van der Waals surface area contributed by atoms with Crippen LogP contribution in [0.3, 0.4) is 0 Å². The second kappa shape index (κ2) is 9.58. The van der Waals surface area contributed by atoms with Crippen molar-refractivity contribution in [3.8, 4) is 0 Å². The van der Waals surface area contributed by atoms with Gasteiger partial charge in [0, 0.05) is 29.7 Å². The first-order chi connectivity index (χ1) is 15.5. The number of benzene rings is 1. The van der Waals surface area contributed by atoms with Crippen LogP contribution < -0.4 is 5.32 Å². The molecule has 0 saturated heterocycles. The van der Waals surface area contributed by atoms with Crippen molar-refractivity contribution in [2.45, 2.75) is 25.9 Å². The highest BCUT2D eigenvalue weighted by molar-refractivity contribution is 8.16. The Morgan fingerprint density at radius 3 is 2.78 bits per heavy atom. The normalized spacial score (nSPS) is 17.5. The number of pyridine rings is 1. The van der Waals surface area contributed by atoms with Gasteiger partial charge in [0.25, 0.3) is 0 Å². The van der Waals surface area contributed by atoms with E-state index in [1.807, 2.05) is 40.6 Å². The molecule has 32 heavy (non-hydrogen) atoms. The van der Waals surface area contributed by atoms with Crippen molar-refractivity contribution >= 4 is 40.4 Å². The van der Waals surface area contributed by atoms with Gasteiger partial charge in [0.1, 0.15) is 0 Å². The molecule has 0 aliphatic carbocycles. The first-order valence-electron chi connectivity index (χ1n) is 9.92. The zero-order chi connectivity index (χ0) is 22.7. The van der Waals surface area contributed by atoms with Gasteiger partial charge in [0.2, 0.25) is 5.91 Å². The SMILES string of the molecule is COC(=O)C1=C(C)N=C2SC=C(CC(=O)NCc3cccnc3)N2[C@@H]1c1ccccc1Cl. The number of halogens is 1. The highest BCUT2D eigenvalue weighted by atomic mass is 35.5. The summed E-state index contributed by atoms with van der Waals surface area (Å²) in [5.74, 6) is -0.627. The molecule has 2 aromatic rings. The average Bonchev–Trinajstić information content (AvgIpc) is 3.19.